The fraction of sp³-hybridized carbons (Fsp3) is 0.200. The highest BCUT2D eigenvalue weighted by Crippen LogP contribution is 2.25. The van der Waals surface area contributed by atoms with Crippen LogP contribution in [0.4, 0.5) is 0 Å². The number of rotatable bonds is 3. The summed E-state index contributed by atoms with van der Waals surface area (Å²) in [5.41, 5.74) is 4.15. The molecule has 3 aromatic heterocycles. The second-order valence-corrected chi connectivity index (χ2v) is 7.04. The van der Waals surface area contributed by atoms with E-state index in [1.807, 2.05) is 40.6 Å². The topological polar surface area (TPSA) is 59.0 Å². The average Bonchev–Trinajstić information content (AvgIpc) is 3.11. The van der Waals surface area contributed by atoms with E-state index < -0.39 is 0 Å². The maximum absolute atomic E-state index is 12.6. The highest BCUT2D eigenvalue weighted by atomic mass is 32.1. The van der Waals surface area contributed by atoms with Gasteiger partial charge in [0.2, 0.25) is 5.91 Å². The Hall–Kier alpha value is -2.86. The van der Waals surface area contributed by atoms with Crippen LogP contribution in [0.15, 0.2) is 54.4 Å². The molecule has 0 saturated heterocycles. The molecule has 5 nitrogen and oxygen atoms in total. The lowest BCUT2D eigenvalue weighted by Crippen LogP contribution is -2.31. The van der Waals surface area contributed by atoms with Crippen molar-refractivity contribution >= 4 is 23.3 Å². The highest BCUT2D eigenvalue weighted by Gasteiger charge is 2.21. The van der Waals surface area contributed by atoms with Crippen LogP contribution in [0.5, 0.6) is 0 Å². The minimum atomic E-state index is 0.0460. The Balaban J connectivity index is 1.53. The van der Waals surface area contributed by atoms with Gasteiger partial charge in [0.05, 0.1) is 5.69 Å². The third-order valence-corrected chi connectivity index (χ3v) is 5.32. The monoisotopic (exact) mass is 362 g/mol. The molecular formula is C20H18N4OS. The summed E-state index contributed by atoms with van der Waals surface area (Å²) in [4.78, 5) is 28.6. The van der Waals surface area contributed by atoms with Gasteiger partial charge >= 0.3 is 0 Å². The van der Waals surface area contributed by atoms with Gasteiger partial charge in [-0.05, 0) is 36.1 Å². The minimum Gasteiger partial charge on any atom is -0.338 e. The number of carbonyl (C=O) groups excluding carboxylic acids is 1. The Morgan fingerprint density at radius 3 is 2.77 bits per heavy atom. The molecule has 0 radical (unpaired) electrons. The summed E-state index contributed by atoms with van der Waals surface area (Å²) in [5, 5.41) is 2.01. The van der Waals surface area contributed by atoms with Crippen molar-refractivity contribution in [2.45, 2.75) is 12.8 Å². The van der Waals surface area contributed by atoms with Gasteiger partial charge in [-0.1, -0.05) is 6.07 Å². The van der Waals surface area contributed by atoms with E-state index in [2.05, 4.69) is 15.0 Å². The summed E-state index contributed by atoms with van der Waals surface area (Å²) in [6.07, 6.45) is 10.2. The molecule has 0 N–H and O–H groups in total. The van der Waals surface area contributed by atoms with E-state index in [4.69, 9.17) is 0 Å². The predicted octanol–water partition coefficient (Wildman–Crippen LogP) is 3.24. The molecule has 0 aliphatic carbocycles. The van der Waals surface area contributed by atoms with E-state index >= 15 is 0 Å². The van der Waals surface area contributed by atoms with Crippen LogP contribution in [-0.4, -0.2) is 38.8 Å². The Morgan fingerprint density at radius 2 is 1.96 bits per heavy atom. The number of hydrogen-bond acceptors (Lipinski definition) is 5. The second kappa shape index (κ2) is 7.58. The number of fused-ring (bicyclic) bond motifs is 1. The summed E-state index contributed by atoms with van der Waals surface area (Å²) in [6, 6.07) is 7.90. The number of amides is 1. The van der Waals surface area contributed by atoms with E-state index in [0.717, 1.165) is 40.2 Å². The largest absolute Gasteiger partial charge is 0.338 e. The average molecular weight is 362 g/mol. The van der Waals surface area contributed by atoms with Crippen molar-refractivity contribution < 1.29 is 4.79 Å². The lowest BCUT2D eigenvalue weighted by atomic mass is 10.0. The molecule has 0 bridgehead atoms. The first kappa shape index (κ1) is 16.6. The predicted molar refractivity (Wildman–Crippen MR) is 103 cm³/mol. The number of aromatic nitrogens is 3. The lowest BCUT2D eigenvalue weighted by molar-refractivity contribution is -0.125. The van der Waals surface area contributed by atoms with Crippen LogP contribution in [0, 0.1) is 0 Å². The zero-order valence-electron chi connectivity index (χ0n) is 14.2. The zero-order valence-corrected chi connectivity index (χ0v) is 15.0. The van der Waals surface area contributed by atoms with Crippen molar-refractivity contribution in [3.8, 4) is 11.3 Å². The summed E-state index contributed by atoms with van der Waals surface area (Å²) in [7, 11) is 0. The van der Waals surface area contributed by atoms with Gasteiger partial charge < -0.3 is 4.90 Å². The van der Waals surface area contributed by atoms with Crippen LogP contribution in [0.25, 0.3) is 17.3 Å². The first-order valence-electron chi connectivity index (χ1n) is 8.55. The number of nitrogens with zero attached hydrogens (tertiary/aromatic N) is 4. The molecule has 26 heavy (non-hydrogen) atoms. The standard InChI is InChI=1S/C20H18N4OS/c25-19(4-3-16-2-1-13-26-16)24-11-7-17-18(8-12-24)22-14-23-20(17)15-5-9-21-10-6-15/h1-6,9-10,13-14H,7-8,11-12H2/b4-3+. The van der Waals surface area contributed by atoms with Gasteiger partial charge in [-0.3, -0.25) is 9.78 Å². The smallest absolute Gasteiger partial charge is 0.246 e. The Morgan fingerprint density at radius 1 is 1.12 bits per heavy atom. The fourth-order valence-electron chi connectivity index (χ4n) is 3.15. The Kier molecular flexibility index (Phi) is 4.84. The van der Waals surface area contributed by atoms with Crippen LogP contribution in [0.1, 0.15) is 16.1 Å². The van der Waals surface area contributed by atoms with Crippen LogP contribution in [0.3, 0.4) is 0 Å². The molecule has 1 aliphatic heterocycles. The zero-order chi connectivity index (χ0) is 17.8. The molecule has 0 fully saturated rings. The fourth-order valence-corrected chi connectivity index (χ4v) is 3.77. The quantitative estimate of drug-likeness (QED) is 0.671. The van der Waals surface area contributed by atoms with Gasteiger partial charge in [0.15, 0.2) is 0 Å². The van der Waals surface area contributed by atoms with E-state index in [1.165, 1.54) is 0 Å². The first-order valence-corrected chi connectivity index (χ1v) is 9.43. The van der Waals surface area contributed by atoms with Crippen molar-refractivity contribution in [3.05, 3.63) is 70.6 Å². The maximum atomic E-state index is 12.6. The van der Waals surface area contributed by atoms with E-state index in [-0.39, 0.29) is 5.91 Å². The van der Waals surface area contributed by atoms with E-state index in [0.29, 0.717) is 13.1 Å². The molecule has 0 atom stereocenters. The first-order chi connectivity index (χ1) is 12.8. The number of pyridine rings is 1. The van der Waals surface area contributed by atoms with Gasteiger partial charge in [-0.15, -0.1) is 11.3 Å². The van der Waals surface area contributed by atoms with Crippen molar-refractivity contribution in [2.24, 2.45) is 0 Å². The van der Waals surface area contributed by atoms with Crippen molar-refractivity contribution in [1.82, 2.24) is 19.9 Å². The molecule has 130 valence electrons. The van der Waals surface area contributed by atoms with Crippen LogP contribution in [0.2, 0.25) is 0 Å². The molecule has 4 heterocycles. The van der Waals surface area contributed by atoms with Gasteiger partial charge in [-0.2, -0.15) is 0 Å². The van der Waals surface area contributed by atoms with Crippen molar-refractivity contribution in [3.63, 3.8) is 0 Å². The molecule has 0 aromatic carbocycles. The molecular weight excluding hydrogens is 344 g/mol. The molecule has 0 saturated carbocycles. The minimum absolute atomic E-state index is 0.0460. The molecule has 0 spiro atoms. The van der Waals surface area contributed by atoms with E-state index in [9.17, 15) is 4.79 Å². The third kappa shape index (κ3) is 3.55. The number of carbonyl (C=O) groups is 1. The van der Waals surface area contributed by atoms with Crippen molar-refractivity contribution in [2.75, 3.05) is 13.1 Å². The number of thiophene rings is 1. The Bertz CT molecular complexity index is 922. The van der Waals surface area contributed by atoms with Crippen LogP contribution < -0.4 is 0 Å². The van der Waals surface area contributed by atoms with Gasteiger partial charge in [0.25, 0.3) is 0 Å². The van der Waals surface area contributed by atoms with Crippen LogP contribution >= 0.6 is 11.3 Å². The summed E-state index contributed by atoms with van der Waals surface area (Å²) >= 11 is 1.62. The van der Waals surface area contributed by atoms with Crippen LogP contribution in [-0.2, 0) is 17.6 Å². The molecule has 1 amide bonds. The molecule has 6 heteroatoms. The highest BCUT2D eigenvalue weighted by molar-refractivity contribution is 7.10. The normalized spacial score (nSPS) is 14.2. The number of hydrogen-bond donors (Lipinski definition) is 0. The van der Waals surface area contributed by atoms with Crippen molar-refractivity contribution in [1.29, 1.82) is 0 Å². The Labute approximate surface area is 156 Å². The second-order valence-electron chi connectivity index (χ2n) is 6.06. The third-order valence-electron chi connectivity index (χ3n) is 4.48. The van der Waals surface area contributed by atoms with E-state index in [1.54, 1.807) is 36.1 Å². The molecule has 4 rings (SSSR count). The molecule has 0 unspecified atom stereocenters. The van der Waals surface area contributed by atoms with Gasteiger partial charge in [0, 0.05) is 59.7 Å². The summed E-state index contributed by atoms with van der Waals surface area (Å²) in [5.74, 6) is 0.0460. The SMILES string of the molecule is O=C(/C=C/c1cccs1)N1CCc2ncnc(-c3ccncc3)c2CC1. The van der Waals surface area contributed by atoms with Gasteiger partial charge in [-0.25, -0.2) is 9.97 Å². The molecule has 3 aromatic rings. The summed E-state index contributed by atoms with van der Waals surface area (Å²) in [6.45, 7) is 1.35. The van der Waals surface area contributed by atoms with Gasteiger partial charge in [0.1, 0.15) is 6.33 Å². The molecule has 1 aliphatic rings. The summed E-state index contributed by atoms with van der Waals surface area (Å²) < 4.78 is 0. The lowest BCUT2D eigenvalue weighted by Gasteiger charge is -2.18. The maximum Gasteiger partial charge on any atom is 0.246 e.